The Hall–Kier alpha value is -2.41. The van der Waals surface area contributed by atoms with E-state index in [1.165, 1.54) is 44.9 Å². The van der Waals surface area contributed by atoms with Crippen LogP contribution in [0.5, 0.6) is 0 Å². The molecule has 174 valence electrons. The Bertz CT molecular complexity index is 665. The zero-order chi connectivity index (χ0) is 23.0. The van der Waals surface area contributed by atoms with Crippen molar-refractivity contribution < 1.29 is 24.2 Å². The summed E-state index contributed by atoms with van der Waals surface area (Å²) in [6, 6.07) is 8.85. The van der Waals surface area contributed by atoms with E-state index in [0.717, 1.165) is 19.3 Å². The molecule has 0 spiro atoms. The lowest BCUT2D eigenvalue weighted by atomic mass is 9.96. The number of carbonyl (C=O) groups is 3. The lowest BCUT2D eigenvalue weighted by molar-refractivity contribution is -0.163. The summed E-state index contributed by atoms with van der Waals surface area (Å²) in [6.45, 7) is 2.54. The molecule has 7 heteroatoms. The predicted molar refractivity (Wildman–Crippen MR) is 120 cm³/mol. The Morgan fingerprint density at radius 3 is 2.03 bits per heavy atom. The van der Waals surface area contributed by atoms with Crippen molar-refractivity contribution in [2.45, 2.75) is 89.7 Å². The van der Waals surface area contributed by atoms with Crippen molar-refractivity contribution in [2.75, 3.05) is 6.54 Å². The van der Waals surface area contributed by atoms with Gasteiger partial charge in [-0.25, -0.2) is 9.59 Å². The largest absolute Gasteiger partial charge is 0.479 e. The van der Waals surface area contributed by atoms with Crippen LogP contribution in [-0.4, -0.2) is 35.0 Å². The molecule has 4 N–H and O–H groups in total. The Labute approximate surface area is 185 Å². The Morgan fingerprint density at radius 2 is 1.48 bits per heavy atom. The summed E-state index contributed by atoms with van der Waals surface area (Å²) in [5.41, 5.74) is 4.04. The van der Waals surface area contributed by atoms with Crippen molar-refractivity contribution in [3.8, 4) is 0 Å². The SMILES string of the molecule is CCCCCCCCCCCCNC(=O)CC(N)(C(=O)O)C(=O)OCc1ccccc1. The molecule has 0 fully saturated rings. The van der Waals surface area contributed by atoms with E-state index in [0.29, 0.717) is 12.1 Å². The van der Waals surface area contributed by atoms with Crippen LogP contribution in [0.1, 0.15) is 83.1 Å². The fourth-order valence-electron chi connectivity index (χ4n) is 3.24. The second-order valence-corrected chi connectivity index (χ2v) is 8.05. The van der Waals surface area contributed by atoms with E-state index in [-0.39, 0.29) is 6.61 Å². The number of rotatable bonds is 17. The van der Waals surface area contributed by atoms with Gasteiger partial charge in [0.1, 0.15) is 6.61 Å². The van der Waals surface area contributed by atoms with E-state index in [1.807, 2.05) is 6.07 Å². The fourth-order valence-corrected chi connectivity index (χ4v) is 3.24. The maximum Gasteiger partial charge on any atom is 0.338 e. The topological polar surface area (TPSA) is 119 Å². The van der Waals surface area contributed by atoms with Crippen molar-refractivity contribution in [3.63, 3.8) is 0 Å². The summed E-state index contributed by atoms with van der Waals surface area (Å²) in [4.78, 5) is 36.0. The van der Waals surface area contributed by atoms with E-state index < -0.39 is 29.8 Å². The van der Waals surface area contributed by atoms with Crippen LogP contribution in [0.15, 0.2) is 30.3 Å². The number of esters is 1. The van der Waals surface area contributed by atoms with Gasteiger partial charge in [-0.2, -0.15) is 0 Å². The molecule has 0 saturated carbocycles. The molecule has 0 aliphatic carbocycles. The van der Waals surface area contributed by atoms with Gasteiger partial charge in [0.05, 0.1) is 6.42 Å². The van der Waals surface area contributed by atoms with Gasteiger partial charge in [0.15, 0.2) is 0 Å². The number of unbranched alkanes of at least 4 members (excludes halogenated alkanes) is 9. The number of hydrogen-bond donors (Lipinski definition) is 3. The highest BCUT2D eigenvalue weighted by Gasteiger charge is 2.46. The number of aliphatic carboxylic acids is 1. The second-order valence-electron chi connectivity index (χ2n) is 8.05. The summed E-state index contributed by atoms with van der Waals surface area (Å²) in [7, 11) is 0. The Morgan fingerprint density at radius 1 is 0.935 bits per heavy atom. The molecule has 31 heavy (non-hydrogen) atoms. The highest BCUT2D eigenvalue weighted by Crippen LogP contribution is 2.13. The van der Waals surface area contributed by atoms with Gasteiger partial charge < -0.3 is 20.9 Å². The van der Waals surface area contributed by atoms with Gasteiger partial charge in [0.2, 0.25) is 11.4 Å². The third-order valence-electron chi connectivity index (χ3n) is 5.25. The first-order chi connectivity index (χ1) is 14.9. The minimum atomic E-state index is -2.41. The number of carboxylic acid groups (broad SMARTS) is 1. The summed E-state index contributed by atoms with van der Waals surface area (Å²) < 4.78 is 5.04. The summed E-state index contributed by atoms with van der Waals surface area (Å²) in [5.74, 6) is -3.28. The van der Waals surface area contributed by atoms with E-state index >= 15 is 0 Å². The third-order valence-corrected chi connectivity index (χ3v) is 5.25. The van der Waals surface area contributed by atoms with Crippen molar-refractivity contribution in [1.29, 1.82) is 0 Å². The predicted octanol–water partition coefficient (Wildman–Crippen LogP) is 3.94. The minimum absolute atomic E-state index is 0.105. The van der Waals surface area contributed by atoms with Crippen molar-refractivity contribution in [2.24, 2.45) is 5.73 Å². The first-order valence-corrected chi connectivity index (χ1v) is 11.4. The van der Waals surface area contributed by atoms with Crippen molar-refractivity contribution in [3.05, 3.63) is 35.9 Å². The van der Waals surface area contributed by atoms with Crippen LogP contribution in [0.2, 0.25) is 0 Å². The molecule has 1 aromatic rings. The van der Waals surface area contributed by atoms with Crippen LogP contribution in [0.4, 0.5) is 0 Å². The lowest BCUT2D eigenvalue weighted by Crippen LogP contribution is -2.58. The molecule has 0 heterocycles. The van der Waals surface area contributed by atoms with Gasteiger partial charge in [-0.15, -0.1) is 0 Å². The normalized spacial score (nSPS) is 12.7. The Balaban J connectivity index is 2.25. The highest BCUT2D eigenvalue weighted by molar-refractivity contribution is 6.07. The molecule has 7 nitrogen and oxygen atoms in total. The standard InChI is InChI=1S/C24H38N2O5/c1-2-3-4-5-6-7-8-9-10-14-17-26-21(27)18-24(25,22(28)29)23(30)31-19-20-15-12-11-13-16-20/h11-13,15-16H,2-10,14,17-19,25H2,1H3,(H,26,27)(H,28,29). The fraction of sp³-hybridized carbons (Fsp3) is 0.625. The molecule has 1 rings (SSSR count). The molecule has 0 aromatic heterocycles. The molecule has 1 unspecified atom stereocenters. The first-order valence-electron chi connectivity index (χ1n) is 11.4. The number of carbonyl (C=O) groups excluding carboxylic acids is 2. The number of hydrogen-bond acceptors (Lipinski definition) is 5. The molecule has 0 radical (unpaired) electrons. The molecular weight excluding hydrogens is 396 g/mol. The minimum Gasteiger partial charge on any atom is -0.479 e. The summed E-state index contributed by atoms with van der Waals surface area (Å²) in [6.07, 6.45) is 11.2. The molecule has 0 aliphatic rings. The number of nitrogens with one attached hydrogen (secondary N) is 1. The zero-order valence-corrected chi connectivity index (χ0v) is 18.7. The molecule has 1 aromatic carbocycles. The van der Waals surface area contributed by atoms with Gasteiger partial charge in [-0.1, -0.05) is 95.0 Å². The number of ether oxygens (including phenoxy) is 1. The lowest BCUT2D eigenvalue weighted by Gasteiger charge is -2.22. The third kappa shape index (κ3) is 11.0. The molecule has 0 saturated heterocycles. The van der Waals surface area contributed by atoms with Gasteiger partial charge in [-0.05, 0) is 12.0 Å². The molecule has 0 aliphatic heterocycles. The van der Waals surface area contributed by atoms with Gasteiger partial charge in [0, 0.05) is 6.54 Å². The van der Waals surface area contributed by atoms with E-state index in [4.69, 9.17) is 10.5 Å². The average molecular weight is 435 g/mol. The van der Waals surface area contributed by atoms with Crippen molar-refractivity contribution in [1.82, 2.24) is 5.32 Å². The summed E-state index contributed by atoms with van der Waals surface area (Å²) >= 11 is 0. The monoisotopic (exact) mass is 434 g/mol. The molecule has 1 amide bonds. The van der Waals surface area contributed by atoms with Crippen molar-refractivity contribution >= 4 is 17.8 Å². The zero-order valence-electron chi connectivity index (χ0n) is 18.7. The maximum atomic E-state index is 12.3. The highest BCUT2D eigenvalue weighted by atomic mass is 16.5. The van der Waals surface area contributed by atoms with Crippen LogP contribution in [-0.2, 0) is 25.7 Å². The molecule has 0 bridgehead atoms. The average Bonchev–Trinajstić information content (AvgIpc) is 2.76. The summed E-state index contributed by atoms with van der Waals surface area (Å²) in [5, 5.41) is 12.1. The first kappa shape index (κ1) is 26.6. The Kier molecular flexibility index (Phi) is 13.2. The van der Waals surface area contributed by atoms with Crippen LogP contribution < -0.4 is 11.1 Å². The van der Waals surface area contributed by atoms with Crippen LogP contribution in [0.3, 0.4) is 0 Å². The maximum absolute atomic E-state index is 12.3. The number of benzene rings is 1. The van der Waals surface area contributed by atoms with E-state index in [2.05, 4.69) is 12.2 Å². The molecule has 1 atom stereocenters. The van der Waals surface area contributed by atoms with Gasteiger partial charge in [0.25, 0.3) is 0 Å². The smallest absolute Gasteiger partial charge is 0.338 e. The van der Waals surface area contributed by atoms with Crippen LogP contribution in [0.25, 0.3) is 0 Å². The number of carboxylic acids is 1. The second kappa shape index (κ2) is 15.4. The number of amides is 1. The van der Waals surface area contributed by atoms with Gasteiger partial charge >= 0.3 is 11.9 Å². The van der Waals surface area contributed by atoms with Crippen LogP contribution in [0, 0.1) is 0 Å². The number of nitrogens with two attached hydrogens (primary N) is 1. The van der Waals surface area contributed by atoms with Crippen LogP contribution >= 0.6 is 0 Å². The van der Waals surface area contributed by atoms with E-state index in [9.17, 15) is 19.5 Å². The van der Waals surface area contributed by atoms with Gasteiger partial charge in [-0.3, -0.25) is 4.79 Å². The van der Waals surface area contributed by atoms with E-state index in [1.54, 1.807) is 24.3 Å². The molecular formula is C24H38N2O5. The quantitative estimate of drug-likeness (QED) is 0.194.